The highest BCUT2D eigenvalue weighted by molar-refractivity contribution is 6.31. The lowest BCUT2D eigenvalue weighted by atomic mass is 9.75. The minimum atomic E-state index is 0.319. The van der Waals surface area contributed by atoms with E-state index in [2.05, 4.69) is 30.6 Å². The summed E-state index contributed by atoms with van der Waals surface area (Å²) in [5, 5.41) is 5.50. The van der Waals surface area contributed by atoms with Gasteiger partial charge in [0.25, 0.3) is 0 Å². The van der Waals surface area contributed by atoms with Crippen LogP contribution in [0.15, 0.2) is 0 Å². The second-order valence-electron chi connectivity index (χ2n) is 6.09. The first-order chi connectivity index (χ1) is 9.60. The fourth-order valence-corrected chi connectivity index (χ4v) is 3.80. The Bertz CT molecular complexity index is 441. The zero-order valence-electron chi connectivity index (χ0n) is 13.0. The monoisotopic (exact) mass is 297 g/mol. The highest BCUT2D eigenvalue weighted by Crippen LogP contribution is 2.34. The van der Waals surface area contributed by atoms with E-state index >= 15 is 0 Å². The van der Waals surface area contributed by atoms with Gasteiger partial charge in [-0.15, -0.1) is 0 Å². The van der Waals surface area contributed by atoms with Crippen molar-refractivity contribution in [3.8, 4) is 0 Å². The van der Waals surface area contributed by atoms with Crippen LogP contribution in [0.1, 0.15) is 57.8 Å². The Balaban J connectivity index is 2.17. The number of aryl methyl sites for hydroxylation is 2. The van der Waals surface area contributed by atoms with Crippen LogP contribution in [-0.2, 0) is 19.4 Å². The second kappa shape index (κ2) is 6.95. The van der Waals surface area contributed by atoms with E-state index in [9.17, 15) is 0 Å². The van der Waals surface area contributed by atoms with Crippen LogP contribution in [0.4, 0.5) is 0 Å². The molecule has 4 heteroatoms. The van der Waals surface area contributed by atoms with Crippen LogP contribution in [0.5, 0.6) is 0 Å². The predicted molar refractivity (Wildman–Crippen MR) is 85.1 cm³/mol. The molecule has 0 aliphatic heterocycles. The molecular formula is C16H28ClN3. The van der Waals surface area contributed by atoms with Gasteiger partial charge in [0.05, 0.1) is 16.4 Å². The lowest BCUT2D eigenvalue weighted by molar-refractivity contribution is 0.224. The average Bonchev–Trinajstić information content (AvgIpc) is 2.77. The molecular weight excluding hydrogens is 270 g/mol. The Labute approximate surface area is 127 Å². The zero-order valence-corrected chi connectivity index (χ0v) is 13.8. The van der Waals surface area contributed by atoms with Crippen LogP contribution >= 0.6 is 11.6 Å². The molecule has 1 aromatic rings. The van der Waals surface area contributed by atoms with Gasteiger partial charge in [0.2, 0.25) is 0 Å². The van der Waals surface area contributed by atoms with E-state index in [1.807, 2.05) is 0 Å². The van der Waals surface area contributed by atoms with Crippen molar-refractivity contribution in [1.29, 1.82) is 0 Å². The van der Waals surface area contributed by atoms with E-state index in [1.165, 1.54) is 25.0 Å². The molecule has 1 aliphatic rings. The third kappa shape index (κ3) is 3.20. The highest BCUT2D eigenvalue weighted by Gasteiger charge is 2.29. The van der Waals surface area contributed by atoms with Crippen molar-refractivity contribution < 1.29 is 0 Å². The van der Waals surface area contributed by atoms with Gasteiger partial charge in [0.15, 0.2) is 0 Å². The lowest BCUT2D eigenvalue weighted by Crippen LogP contribution is -2.37. The molecule has 0 aromatic carbocycles. The smallest absolute Gasteiger partial charge is 0.0849 e. The molecule has 1 heterocycles. The van der Waals surface area contributed by atoms with Gasteiger partial charge in [-0.25, -0.2) is 0 Å². The largest absolute Gasteiger partial charge is 0.327 e. The van der Waals surface area contributed by atoms with Crippen LogP contribution in [0.3, 0.4) is 0 Å². The van der Waals surface area contributed by atoms with Crippen molar-refractivity contribution in [2.75, 3.05) is 0 Å². The molecule has 20 heavy (non-hydrogen) atoms. The first-order valence-electron chi connectivity index (χ1n) is 8.10. The number of aromatic nitrogens is 2. The first-order valence-corrected chi connectivity index (χ1v) is 8.47. The SMILES string of the molecule is CCc1nn(CC)c(CC2CC(CC)CCC2N)c1Cl. The molecule has 0 bridgehead atoms. The molecule has 114 valence electrons. The van der Waals surface area contributed by atoms with Gasteiger partial charge in [0, 0.05) is 12.6 Å². The Kier molecular flexibility index (Phi) is 5.50. The van der Waals surface area contributed by atoms with E-state index in [0.717, 1.165) is 42.4 Å². The van der Waals surface area contributed by atoms with Crippen molar-refractivity contribution in [3.05, 3.63) is 16.4 Å². The van der Waals surface area contributed by atoms with Crippen molar-refractivity contribution in [3.63, 3.8) is 0 Å². The maximum atomic E-state index is 6.52. The molecule has 1 fully saturated rings. The van der Waals surface area contributed by atoms with Gasteiger partial charge in [0.1, 0.15) is 0 Å². The standard InChI is InChI=1S/C16H28ClN3/c1-4-11-7-8-13(18)12(9-11)10-15-16(17)14(5-2)19-20(15)6-3/h11-13H,4-10,18H2,1-3H3. The molecule has 1 aliphatic carbocycles. The number of hydrogen-bond acceptors (Lipinski definition) is 2. The van der Waals surface area contributed by atoms with Crippen molar-refractivity contribution in [2.45, 2.75) is 71.9 Å². The number of halogens is 1. The number of nitrogens with two attached hydrogens (primary N) is 1. The van der Waals surface area contributed by atoms with Crippen LogP contribution in [0.25, 0.3) is 0 Å². The molecule has 1 saturated carbocycles. The Morgan fingerprint density at radius 3 is 2.65 bits per heavy atom. The fraction of sp³-hybridized carbons (Fsp3) is 0.812. The summed E-state index contributed by atoms with van der Waals surface area (Å²) in [6, 6.07) is 0.319. The van der Waals surface area contributed by atoms with Gasteiger partial charge < -0.3 is 5.73 Å². The molecule has 2 rings (SSSR count). The third-order valence-corrected chi connectivity index (χ3v) is 5.31. The zero-order chi connectivity index (χ0) is 14.7. The predicted octanol–water partition coefficient (Wildman–Crippen LogP) is 3.81. The summed E-state index contributed by atoms with van der Waals surface area (Å²) in [4.78, 5) is 0. The lowest BCUT2D eigenvalue weighted by Gasteiger charge is -2.34. The van der Waals surface area contributed by atoms with Gasteiger partial charge in [-0.05, 0) is 50.9 Å². The van der Waals surface area contributed by atoms with Crippen LogP contribution in [0.2, 0.25) is 5.02 Å². The van der Waals surface area contributed by atoms with E-state index < -0.39 is 0 Å². The molecule has 0 amide bonds. The van der Waals surface area contributed by atoms with Crippen molar-refractivity contribution in [1.82, 2.24) is 9.78 Å². The van der Waals surface area contributed by atoms with E-state index in [4.69, 9.17) is 17.3 Å². The first kappa shape index (κ1) is 15.8. The normalized spacial score (nSPS) is 26.9. The number of nitrogens with zero attached hydrogens (tertiary/aromatic N) is 2. The summed E-state index contributed by atoms with van der Waals surface area (Å²) in [6.45, 7) is 7.41. The molecule has 1 aromatic heterocycles. The van der Waals surface area contributed by atoms with Gasteiger partial charge in [-0.3, -0.25) is 4.68 Å². The van der Waals surface area contributed by atoms with Gasteiger partial charge in [-0.1, -0.05) is 31.9 Å². The van der Waals surface area contributed by atoms with Gasteiger partial charge in [-0.2, -0.15) is 5.10 Å². The summed E-state index contributed by atoms with van der Waals surface area (Å²) in [5.74, 6) is 1.39. The van der Waals surface area contributed by atoms with Crippen LogP contribution in [-0.4, -0.2) is 15.8 Å². The Morgan fingerprint density at radius 2 is 2.05 bits per heavy atom. The minimum absolute atomic E-state index is 0.319. The highest BCUT2D eigenvalue weighted by atomic mass is 35.5. The molecule has 0 spiro atoms. The number of rotatable bonds is 5. The third-order valence-electron chi connectivity index (χ3n) is 4.88. The molecule has 3 unspecified atom stereocenters. The summed E-state index contributed by atoms with van der Waals surface area (Å²) < 4.78 is 2.07. The number of hydrogen-bond donors (Lipinski definition) is 1. The van der Waals surface area contributed by atoms with Gasteiger partial charge >= 0.3 is 0 Å². The quantitative estimate of drug-likeness (QED) is 0.898. The van der Waals surface area contributed by atoms with E-state index in [0.29, 0.717) is 12.0 Å². The summed E-state index contributed by atoms with van der Waals surface area (Å²) in [7, 11) is 0. The van der Waals surface area contributed by atoms with Crippen molar-refractivity contribution >= 4 is 11.6 Å². The topological polar surface area (TPSA) is 43.8 Å². The van der Waals surface area contributed by atoms with Crippen molar-refractivity contribution in [2.24, 2.45) is 17.6 Å². The minimum Gasteiger partial charge on any atom is -0.327 e. The molecule has 0 saturated heterocycles. The molecule has 3 atom stereocenters. The van der Waals surface area contributed by atoms with Crippen LogP contribution < -0.4 is 5.73 Å². The summed E-state index contributed by atoms with van der Waals surface area (Å²) in [6.07, 6.45) is 6.83. The summed E-state index contributed by atoms with van der Waals surface area (Å²) in [5.41, 5.74) is 8.58. The Morgan fingerprint density at radius 1 is 1.30 bits per heavy atom. The fourth-order valence-electron chi connectivity index (χ4n) is 3.45. The summed E-state index contributed by atoms with van der Waals surface area (Å²) >= 11 is 6.52. The Hall–Kier alpha value is -0.540. The molecule has 3 nitrogen and oxygen atoms in total. The molecule has 0 radical (unpaired) electrons. The second-order valence-corrected chi connectivity index (χ2v) is 6.47. The van der Waals surface area contributed by atoms with E-state index in [1.54, 1.807) is 0 Å². The van der Waals surface area contributed by atoms with Crippen LogP contribution in [0, 0.1) is 11.8 Å². The molecule has 2 N–H and O–H groups in total. The van der Waals surface area contributed by atoms with E-state index in [-0.39, 0.29) is 0 Å². The maximum Gasteiger partial charge on any atom is 0.0849 e. The maximum absolute atomic E-state index is 6.52. The average molecular weight is 298 g/mol.